The summed E-state index contributed by atoms with van der Waals surface area (Å²) in [4.78, 5) is 11.9. The van der Waals surface area contributed by atoms with Crippen molar-refractivity contribution < 1.29 is 4.79 Å². The quantitative estimate of drug-likeness (QED) is 0.863. The van der Waals surface area contributed by atoms with Crippen molar-refractivity contribution in [2.45, 2.75) is 39.3 Å². The highest BCUT2D eigenvalue weighted by molar-refractivity contribution is 6.30. The molecule has 0 bridgehead atoms. The summed E-state index contributed by atoms with van der Waals surface area (Å²) in [6.07, 6.45) is 0.802. The Morgan fingerprint density at radius 3 is 2.61 bits per heavy atom. The number of hydrogen-bond donors (Lipinski definition) is 2. The van der Waals surface area contributed by atoms with Gasteiger partial charge in [-0.05, 0) is 30.0 Å². The summed E-state index contributed by atoms with van der Waals surface area (Å²) in [5.41, 5.74) is 6.84. The summed E-state index contributed by atoms with van der Waals surface area (Å²) in [6, 6.07) is 7.02. The molecule has 0 heterocycles. The molecule has 1 rings (SSSR count). The largest absolute Gasteiger partial charge is 0.348 e. The van der Waals surface area contributed by atoms with Gasteiger partial charge < -0.3 is 11.1 Å². The topological polar surface area (TPSA) is 55.1 Å². The molecule has 1 aromatic rings. The van der Waals surface area contributed by atoms with E-state index in [1.807, 2.05) is 45.0 Å². The average Bonchev–Trinajstić information content (AvgIpc) is 2.34. The van der Waals surface area contributed by atoms with Crippen molar-refractivity contribution in [1.82, 2.24) is 5.32 Å². The van der Waals surface area contributed by atoms with E-state index in [2.05, 4.69) is 5.32 Å². The molecule has 0 saturated heterocycles. The SMILES string of the molecule is CCC(NC(=O)C(N)C(C)C)c1cccc(Cl)c1. The minimum Gasteiger partial charge on any atom is -0.348 e. The van der Waals surface area contributed by atoms with Gasteiger partial charge in [-0.25, -0.2) is 0 Å². The normalized spacial score (nSPS) is 14.3. The monoisotopic (exact) mass is 268 g/mol. The van der Waals surface area contributed by atoms with Gasteiger partial charge in [0.25, 0.3) is 0 Å². The molecule has 0 fully saturated rings. The molecule has 0 aliphatic carbocycles. The van der Waals surface area contributed by atoms with Crippen LogP contribution in [0.5, 0.6) is 0 Å². The average molecular weight is 269 g/mol. The lowest BCUT2D eigenvalue weighted by molar-refractivity contribution is -0.124. The lowest BCUT2D eigenvalue weighted by Crippen LogP contribution is -2.45. The first-order valence-electron chi connectivity index (χ1n) is 6.27. The number of benzene rings is 1. The fraction of sp³-hybridized carbons (Fsp3) is 0.500. The standard InChI is InChI=1S/C14H21ClN2O/c1-4-12(10-6-5-7-11(15)8-10)17-14(18)13(16)9(2)3/h5-9,12-13H,4,16H2,1-3H3,(H,17,18). The minimum atomic E-state index is -0.474. The molecule has 2 unspecified atom stereocenters. The maximum atomic E-state index is 11.9. The van der Waals surface area contributed by atoms with E-state index >= 15 is 0 Å². The van der Waals surface area contributed by atoms with Crippen LogP contribution in [0, 0.1) is 5.92 Å². The third-order valence-corrected chi connectivity index (χ3v) is 3.23. The summed E-state index contributed by atoms with van der Waals surface area (Å²) in [6.45, 7) is 5.89. The Kier molecular flexibility index (Phi) is 5.63. The van der Waals surface area contributed by atoms with E-state index in [0.717, 1.165) is 12.0 Å². The maximum absolute atomic E-state index is 11.9. The Balaban J connectivity index is 2.76. The summed E-state index contributed by atoms with van der Waals surface area (Å²) < 4.78 is 0. The van der Waals surface area contributed by atoms with Gasteiger partial charge in [0, 0.05) is 5.02 Å². The van der Waals surface area contributed by atoms with Gasteiger partial charge in [0.05, 0.1) is 12.1 Å². The molecule has 2 atom stereocenters. The van der Waals surface area contributed by atoms with Crippen LogP contribution in [0.3, 0.4) is 0 Å². The first kappa shape index (κ1) is 15.0. The third-order valence-electron chi connectivity index (χ3n) is 3.00. The molecule has 1 aromatic carbocycles. The van der Waals surface area contributed by atoms with Gasteiger partial charge >= 0.3 is 0 Å². The first-order chi connectivity index (χ1) is 8.45. The predicted octanol–water partition coefficient (Wildman–Crippen LogP) is 2.89. The summed E-state index contributed by atoms with van der Waals surface area (Å²) in [7, 11) is 0. The number of halogens is 1. The van der Waals surface area contributed by atoms with Crippen LogP contribution in [-0.4, -0.2) is 11.9 Å². The Hall–Kier alpha value is -1.06. The van der Waals surface area contributed by atoms with Gasteiger partial charge in [0.15, 0.2) is 0 Å². The number of hydrogen-bond acceptors (Lipinski definition) is 2. The highest BCUT2D eigenvalue weighted by Gasteiger charge is 2.20. The Morgan fingerprint density at radius 1 is 1.44 bits per heavy atom. The molecule has 0 aromatic heterocycles. The number of nitrogens with two attached hydrogens (primary N) is 1. The molecule has 0 aliphatic rings. The van der Waals surface area contributed by atoms with Crippen molar-refractivity contribution in [3.8, 4) is 0 Å². The summed E-state index contributed by atoms with van der Waals surface area (Å²) in [5.74, 6) is 0.0127. The van der Waals surface area contributed by atoms with Crippen molar-refractivity contribution >= 4 is 17.5 Å². The number of carbonyl (C=O) groups is 1. The van der Waals surface area contributed by atoms with Gasteiger partial charge in [-0.1, -0.05) is 44.5 Å². The van der Waals surface area contributed by atoms with Crippen molar-refractivity contribution in [2.24, 2.45) is 11.7 Å². The molecule has 100 valence electrons. The molecule has 0 saturated carbocycles. The second kappa shape index (κ2) is 6.76. The van der Waals surface area contributed by atoms with Crippen LogP contribution >= 0.6 is 11.6 Å². The Bertz CT molecular complexity index is 407. The van der Waals surface area contributed by atoms with Crippen molar-refractivity contribution in [2.75, 3.05) is 0 Å². The van der Waals surface area contributed by atoms with E-state index in [0.29, 0.717) is 5.02 Å². The van der Waals surface area contributed by atoms with Crippen LogP contribution in [0.25, 0.3) is 0 Å². The molecular weight excluding hydrogens is 248 g/mol. The van der Waals surface area contributed by atoms with Crippen LogP contribution in [0.15, 0.2) is 24.3 Å². The number of rotatable bonds is 5. The fourth-order valence-electron chi connectivity index (χ4n) is 1.72. The Morgan fingerprint density at radius 2 is 2.11 bits per heavy atom. The number of carbonyl (C=O) groups excluding carboxylic acids is 1. The molecule has 0 radical (unpaired) electrons. The van der Waals surface area contributed by atoms with Gasteiger partial charge in [0.2, 0.25) is 5.91 Å². The highest BCUT2D eigenvalue weighted by Crippen LogP contribution is 2.20. The number of amides is 1. The fourth-order valence-corrected chi connectivity index (χ4v) is 1.91. The van der Waals surface area contributed by atoms with Crippen molar-refractivity contribution in [3.63, 3.8) is 0 Å². The molecule has 0 spiro atoms. The van der Waals surface area contributed by atoms with E-state index in [9.17, 15) is 4.79 Å². The van der Waals surface area contributed by atoms with Gasteiger partial charge in [-0.3, -0.25) is 4.79 Å². The molecule has 3 N–H and O–H groups in total. The molecule has 1 amide bonds. The Labute approximate surface area is 114 Å². The second-order valence-corrected chi connectivity index (χ2v) is 5.23. The summed E-state index contributed by atoms with van der Waals surface area (Å²) >= 11 is 5.96. The molecule has 18 heavy (non-hydrogen) atoms. The molecule has 0 aliphatic heterocycles. The van der Waals surface area contributed by atoms with E-state index < -0.39 is 6.04 Å². The predicted molar refractivity (Wildman–Crippen MR) is 75.4 cm³/mol. The van der Waals surface area contributed by atoms with Gasteiger partial charge in [-0.2, -0.15) is 0 Å². The zero-order valence-electron chi connectivity index (χ0n) is 11.1. The zero-order valence-corrected chi connectivity index (χ0v) is 11.9. The maximum Gasteiger partial charge on any atom is 0.237 e. The zero-order chi connectivity index (χ0) is 13.7. The van der Waals surface area contributed by atoms with Crippen LogP contribution in [-0.2, 0) is 4.79 Å². The highest BCUT2D eigenvalue weighted by atomic mass is 35.5. The van der Waals surface area contributed by atoms with Crippen LogP contribution in [0.4, 0.5) is 0 Å². The van der Waals surface area contributed by atoms with E-state index in [4.69, 9.17) is 17.3 Å². The lowest BCUT2D eigenvalue weighted by Gasteiger charge is -2.22. The van der Waals surface area contributed by atoms with Gasteiger partial charge in [-0.15, -0.1) is 0 Å². The van der Waals surface area contributed by atoms with Crippen LogP contribution < -0.4 is 11.1 Å². The number of nitrogens with one attached hydrogen (secondary N) is 1. The second-order valence-electron chi connectivity index (χ2n) is 4.79. The smallest absolute Gasteiger partial charge is 0.237 e. The molecule has 4 heteroatoms. The van der Waals surface area contributed by atoms with E-state index in [1.165, 1.54) is 0 Å². The summed E-state index contributed by atoms with van der Waals surface area (Å²) in [5, 5.41) is 3.64. The van der Waals surface area contributed by atoms with Crippen LogP contribution in [0.1, 0.15) is 38.8 Å². The van der Waals surface area contributed by atoms with E-state index in [-0.39, 0.29) is 17.9 Å². The molecular formula is C14H21ClN2O. The van der Waals surface area contributed by atoms with Crippen LogP contribution in [0.2, 0.25) is 5.02 Å². The minimum absolute atomic E-state index is 0.0407. The van der Waals surface area contributed by atoms with E-state index in [1.54, 1.807) is 0 Å². The van der Waals surface area contributed by atoms with Gasteiger partial charge in [0.1, 0.15) is 0 Å². The third kappa shape index (κ3) is 4.00. The lowest BCUT2D eigenvalue weighted by atomic mass is 10.0. The molecule has 3 nitrogen and oxygen atoms in total. The first-order valence-corrected chi connectivity index (χ1v) is 6.65. The van der Waals surface area contributed by atoms with Crippen molar-refractivity contribution in [3.05, 3.63) is 34.9 Å². The van der Waals surface area contributed by atoms with Crippen molar-refractivity contribution in [1.29, 1.82) is 0 Å².